The number of hydrogen-bond donors (Lipinski definition) is 0. The molecule has 0 saturated carbocycles. The zero-order valence-electron chi connectivity index (χ0n) is 18.4. The minimum absolute atomic E-state index is 0. The van der Waals surface area contributed by atoms with Crippen LogP contribution in [0.3, 0.4) is 0 Å². The van der Waals surface area contributed by atoms with E-state index in [2.05, 4.69) is 104 Å². The fourth-order valence-electron chi connectivity index (χ4n) is 2.12. The molecule has 0 atom stereocenters. The summed E-state index contributed by atoms with van der Waals surface area (Å²) >= 11 is 0. The third-order valence-corrected chi connectivity index (χ3v) is 3.51. The molecule has 0 spiro atoms. The molecule has 0 unspecified atom stereocenters. The van der Waals surface area contributed by atoms with E-state index < -0.39 is 0 Å². The van der Waals surface area contributed by atoms with Crippen molar-refractivity contribution in [1.29, 1.82) is 0 Å². The number of aryl methyl sites for hydroxylation is 1. The first-order chi connectivity index (χ1) is 12.0. The molecule has 0 nitrogen and oxygen atoms in total. The van der Waals surface area contributed by atoms with Crippen molar-refractivity contribution in [3.05, 3.63) is 83.9 Å². The fourth-order valence-corrected chi connectivity index (χ4v) is 2.12. The van der Waals surface area contributed by atoms with E-state index in [9.17, 15) is 0 Å². The van der Waals surface area contributed by atoms with Gasteiger partial charge in [0, 0.05) is 32.7 Å². The second-order valence-electron chi connectivity index (χ2n) is 9.39. The minimum atomic E-state index is 0. The van der Waals surface area contributed by atoms with E-state index >= 15 is 0 Å². The Balaban J connectivity index is 0. The zero-order valence-corrected chi connectivity index (χ0v) is 21.3. The predicted octanol–water partition coefficient (Wildman–Crippen LogP) is 8.62. The molecule has 1 heteroatoms. The van der Waals surface area contributed by atoms with Gasteiger partial charge in [-0.1, -0.05) is 104 Å². The first-order valence-electron chi connectivity index (χ1n) is 9.39. The van der Waals surface area contributed by atoms with Gasteiger partial charge in [-0.05, 0) is 23.3 Å². The SMILES string of the molecule is C.CC(C)(C)C.Cc1ccc(C(C)(C)C)cc1.[Y].[c-]1ccc2ccccc2c1. The summed E-state index contributed by atoms with van der Waals surface area (Å²) in [6.07, 6.45) is 0. The summed E-state index contributed by atoms with van der Waals surface area (Å²) in [5, 5.41) is 2.53. The number of benzene rings is 3. The van der Waals surface area contributed by atoms with Gasteiger partial charge < -0.3 is 0 Å². The van der Waals surface area contributed by atoms with Crippen molar-refractivity contribution in [1.82, 2.24) is 0 Å². The van der Waals surface area contributed by atoms with Crippen molar-refractivity contribution in [2.75, 3.05) is 0 Å². The van der Waals surface area contributed by atoms with Gasteiger partial charge in [0.05, 0.1) is 0 Å². The summed E-state index contributed by atoms with van der Waals surface area (Å²) in [4.78, 5) is 0. The Hall–Kier alpha value is -0.976. The zero-order chi connectivity index (χ0) is 19.8. The molecular weight excluding hydrogens is 413 g/mol. The molecule has 0 heterocycles. The molecule has 0 bridgehead atoms. The van der Waals surface area contributed by atoms with Crippen LogP contribution < -0.4 is 0 Å². The van der Waals surface area contributed by atoms with Gasteiger partial charge in [0.15, 0.2) is 0 Å². The minimum Gasteiger partial charge on any atom is -0.183 e. The predicted molar refractivity (Wildman–Crippen MR) is 125 cm³/mol. The van der Waals surface area contributed by atoms with Crippen LogP contribution in [-0.2, 0) is 38.1 Å². The molecule has 0 aliphatic heterocycles. The molecule has 0 fully saturated rings. The molecule has 28 heavy (non-hydrogen) atoms. The molecular formula is C27H39Y-. The van der Waals surface area contributed by atoms with Crippen molar-refractivity contribution in [2.45, 2.75) is 68.2 Å². The van der Waals surface area contributed by atoms with Crippen molar-refractivity contribution in [3.8, 4) is 0 Å². The standard InChI is InChI=1S/C11H16.C10H7.C5H12.CH4.Y/c1-9-5-7-10(8-6-9)11(2,3)4;1-2-6-10-8-4-3-7-9(10)5-1;1-5(2,3)4;;/h5-8H,1-4H3;1-3,5-8H;1-4H3;1H4;/q;-1;;;. The Labute approximate surface area is 200 Å². The third kappa shape index (κ3) is 13.2. The van der Waals surface area contributed by atoms with Gasteiger partial charge in [0.25, 0.3) is 0 Å². The maximum atomic E-state index is 3.04. The van der Waals surface area contributed by atoms with Crippen LogP contribution in [0.25, 0.3) is 10.8 Å². The smallest absolute Gasteiger partial charge is 0 e. The Kier molecular flexibility index (Phi) is 13.9. The van der Waals surface area contributed by atoms with Crippen molar-refractivity contribution >= 4 is 10.8 Å². The van der Waals surface area contributed by atoms with Gasteiger partial charge in [-0.25, -0.2) is 0 Å². The van der Waals surface area contributed by atoms with E-state index in [0.717, 1.165) is 0 Å². The largest absolute Gasteiger partial charge is 0.183 e. The van der Waals surface area contributed by atoms with Crippen molar-refractivity contribution in [3.63, 3.8) is 0 Å². The van der Waals surface area contributed by atoms with Crippen molar-refractivity contribution in [2.24, 2.45) is 5.41 Å². The Morgan fingerprint density at radius 3 is 1.57 bits per heavy atom. The molecule has 0 aliphatic rings. The van der Waals surface area contributed by atoms with E-state index in [0.29, 0.717) is 5.41 Å². The van der Waals surface area contributed by atoms with Crippen LogP contribution >= 0.6 is 0 Å². The van der Waals surface area contributed by atoms with E-state index in [4.69, 9.17) is 0 Å². The van der Waals surface area contributed by atoms with Crippen LogP contribution in [0.5, 0.6) is 0 Å². The summed E-state index contributed by atoms with van der Waals surface area (Å²) in [6, 6.07) is 26.0. The van der Waals surface area contributed by atoms with Crippen LogP contribution in [-0.4, -0.2) is 0 Å². The van der Waals surface area contributed by atoms with Gasteiger partial charge >= 0.3 is 0 Å². The second kappa shape index (κ2) is 13.3. The summed E-state index contributed by atoms with van der Waals surface area (Å²) in [7, 11) is 0. The van der Waals surface area contributed by atoms with Crippen LogP contribution in [0.2, 0.25) is 0 Å². The number of fused-ring (bicyclic) bond motifs is 1. The molecule has 0 N–H and O–H groups in total. The average Bonchev–Trinajstić information content (AvgIpc) is 2.54. The number of rotatable bonds is 0. The van der Waals surface area contributed by atoms with Gasteiger partial charge in [-0.3, -0.25) is 0 Å². The third-order valence-electron chi connectivity index (χ3n) is 3.51. The molecule has 0 aromatic heterocycles. The Bertz CT molecular complexity index is 700. The van der Waals surface area contributed by atoms with Gasteiger partial charge in [-0.15, -0.1) is 16.8 Å². The molecule has 3 aromatic carbocycles. The first kappa shape index (κ1) is 29.2. The Morgan fingerprint density at radius 2 is 1.14 bits per heavy atom. The van der Waals surface area contributed by atoms with E-state index in [-0.39, 0.29) is 45.6 Å². The molecule has 3 rings (SSSR count). The first-order valence-corrected chi connectivity index (χ1v) is 9.39. The molecule has 0 saturated heterocycles. The van der Waals surface area contributed by atoms with Gasteiger partial charge in [0.1, 0.15) is 0 Å². The maximum absolute atomic E-state index is 3.04. The second-order valence-corrected chi connectivity index (χ2v) is 9.39. The molecule has 0 aliphatic carbocycles. The summed E-state index contributed by atoms with van der Waals surface area (Å²) in [5.41, 5.74) is 3.52. The summed E-state index contributed by atoms with van der Waals surface area (Å²) in [6.45, 7) is 17.6. The maximum Gasteiger partial charge on any atom is 0 e. The quantitative estimate of drug-likeness (QED) is 0.300. The van der Waals surface area contributed by atoms with Crippen LogP contribution in [0.15, 0.2) is 66.7 Å². The summed E-state index contributed by atoms with van der Waals surface area (Å²) < 4.78 is 0. The van der Waals surface area contributed by atoms with Crippen LogP contribution in [0, 0.1) is 18.4 Å². The monoisotopic (exact) mass is 452 g/mol. The van der Waals surface area contributed by atoms with Gasteiger partial charge in [-0.2, -0.15) is 24.3 Å². The van der Waals surface area contributed by atoms with Crippen molar-refractivity contribution < 1.29 is 32.7 Å². The number of hydrogen-bond acceptors (Lipinski definition) is 0. The molecule has 1 radical (unpaired) electrons. The Morgan fingerprint density at radius 1 is 0.679 bits per heavy atom. The average molecular weight is 453 g/mol. The van der Waals surface area contributed by atoms with E-state index in [1.807, 2.05) is 24.3 Å². The molecule has 3 aromatic rings. The van der Waals surface area contributed by atoms with Crippen LogP contribution in [0.4, 0.5) is 0 Å². The van der Waals surface area contributed by atoms with Gasteiger partial charge in [0.2, 0.25) is 0 Å². The summed E-state index contributed by atoms with van der Waals surface area (Å²) in [5.74, 6) is 0. The fraction of sp³-hybridized carbons (Fsp3) is 0.407. The van der Waals surface area contributed by atoms with E-state index in [1.54, 1.807) is 0 Å². The molecule has 0 amide bonds. The topological polar surface area (TPSA) is 0 Å². The van der Waals surface area contributed by atoms with E-state index in [1.165, 1.54) is 21.9 Å². The molecule has 151 valence electrons. The normalized spacial score (nSPS) is 10.3. The van der Waals surface area contributed by atoms with Crippen LogP contribution in [0.1, 0.15) is 67.0 Å².